The van der Waals surface area contributed by atoms with Gasteiger partial charge in [-0.25, -0.2) is 8.78 Å². The lowest BCUT2D eigenvalue weighted by Gasteiger charge is -2.03. The maximum atomic E-state index is 13.0. The van der Waals surface area contributed by atoms with Crippen LogP contribution in [0.1, 0.15) is 10.4 Å². The number of hydrogen-bond acceptors (Lipinski definition) is 2. The number of carbonyl (C=O) groups is 1. The third-order valence-electron chi connectivity index (χ3n) is 2.41. The molecule has 2 aromatic rings. The molecule has 0 spiro atoms. The van der Waals surface area contributed by atoms with Gasteiger partial charge in [-0.1, -0.05) is 22.0 Å². The zero-order chi connectivity index (χ0) is 13.8. The van der Waals surface area contributed by atoms with E-state index < -0.39 is 11.6 Å². The van der Waals surface area contributed by atoms with Crippen LogP contribution in [-0.4, -0.2) is 11.5 Å². The summed E-state index contributed by atoms with van der Waals surface area (Å²) in [6, 6.07) is 10.7. The predicted octanol–water partition coefficient (Wildman–Crippen LogP) is 4.70. The lowest BCUT2D eigenvalue weighted by atomic mass is 10.1. The molecule has 5 heteroatoms. The highest BCUT2D eigenvalue weighted by Crippen LogP contribution is 2.23. The van der Waals surface area contributed by atoms with Crippen molar-refractivity contribution in [3.8, 4) is 0 Å². The van der Waals surface area contributed by atoms with Gasteiger partial charge < -0.3 is 0 Å². The van der Waals surface area contributed by atoms with Crippen LogP contribution in [0.15, 0.2) is 51.8 Å². The first kappa shape index (κ1) is 14.2. The second-order valence-corrected chi connectivity index (χ2v) is 5.76. The number of hydrogen-bond donors (Lipinski definition) is 0. The molecule has 0 bridgehead atoms. The normalized spacial score (nSPS) is 10.5. The molecule has 0 aliphatic heterocycles. The van der Waals surface area contributed by atoms with Gasteiger partial charge in [-0.05, 0) is 36.4 Å². The summed E-state index contributed by atoms with van der Waals surface area (Å²) >= 11 is 4.69. The molecule has 0 saturated carbocycles. The predicted molar refractivity (Wildman–Crippen MR) is 75.6 cm³/mol. The van der Waals surface area contributed by atoms with Gasteiger partial charge in [0.15, 0.2) is 17.4 Å². The van der Waals surface area contributed by atoms with Crippen LogP contribution < -0.4 is 0 Å². The molecular weight excluding hydrogens is 334 g/mol. The Morgan fingerprint density at radius 2 is 1.89 bits per heavy atom. The number of halogens is 3. The van der Waals surface area contributed by atoms with E-state index >= 15 is 0 Å². The molecule has 0 atom stereocenters. The molecule has 0 aromatic heterocycles. The number of Topliss-reactive ketones (excluding diaryl/α,β-unsaturated/α-hetero) is 1. The molecule has 0 saturated heterocycles. The summed E-state index contributed by atoms with van der Waals surface area (Å²) in [5.74, 6) is -2.00. The van der Waals surface area contributed by atoms with Crippen molar-refractivity contribution in [2.24, 2.45) is 0 Å². The van der Waals surface area contributed by atoms with Gasteiger partial charge in [0.2, 0.25) is 0 Å². The highest BCUT2D eigenvalue weighted by molar-refractivity contribution is 9.10. The van der Waals surface area contributed by atoms with Gasteiger partial charge in [0.05, 0.1) is 5.75 Å². The van der Waals surface area contributed by atoms with E-state index in [9.17, 15) is 13.6 Å². The minimum absolute atomic E-state index is 0.182. The molecule has 0 aliphatic carbocycles. The van der Waals surface area contributed by atoms with E-state index in [0.717, 1.165) is 21.5 Å². The molecule has 0 N–H and O–H groups in total. The summed E-state index contributed by atoms with van der Waals surface area (Å²) in [6.07, 6.45) is 0. The standard InChI is InChI=1S/C14H9BrF2OS/c15-10-2-1-3-11(7-10)19-8-14(18)9-4-5-12(16)13(17)6-9/h1-7H,8H2. The second kappa shape index (κ2) is 6.30. The van der Waals surface area contributed by atoms with E-state index in [1.807, 2.05) is 24.3 Å². The fourth-order valence-electron chi connectivity index (χ4n) is 1.46. The van der Waals surface area contributed by atoms with E-state index in [2.05, 4.69) is 15.9 Å². The highest BCUT2D eigenvalue weighted by Gasteiger charge is 2.10. The van der Waals surface area contributed by atoms with Crippen LogP contribution in [0.4, 0.5) is 8.78 Å². The molecule has 0 amide bonds. The Labute approximate surface area is 122 Å². The van der Waals surface area contributed by atoms with E-state index in [1.54, 1.807) is 0 Å². The van der Waals surface area contributed by atoms with Crippen molar-refractivity contribution in [2.45, 2.75) is 4.90 Å². The Kier molecular flexibility index (Phi) is 4.71. The van der Waals surface area contributed by atoms with Crippen LogP contribution in [0.2, 0.25) is 0 Å². The van der Waals surface area contributed by atoms with Crippen molar-refractivity contribution >= 4 is 33.5 Å². The first-order chi connectivity index (χ1) is 9.06. The van der Waals surface area contributed by atoms with Gasteiger partial charge in [-0.15, -0.1) is 11.8 Å². The summed E-state index contributed by atoms with van der Waals surface area (Å²) in [6.45, 7) is 0. The molecule has 19 heavy (non-hydrogen) atoms. The van der Waals surface area contributed by atoms with E-state index in [-0.39, 0.29) is 17.1 Å². The molecular formula is C14H9BrF2OS. The third-order valence-corrected chi connectivity index (χ3v) is 3.89. The fourth-order valence-corrected chi connectivity index (χ4v) is 2.86. The summed E-state index contributed by atoms with van der Waals surface area (Å²) < 4.78 is 26.7. The topological polar surface area (TPSA) is 17.1 Å². The van der Waals surface area contributed by atoms with Crippen molar-refractivity contribution in [1.29, 1.82) is 0 Å². The summed E-state index contributed by atoms with van der Waals surface area (Å²) in [5, 5.41) is 0. The second-order valence-electron chi connectivity index (χ2n) is 3.80. The van der Waals surface area contributed by atoms with Crippen LogP contribution in [-0.2, 0) is 0 Å². The molecule has 1 nitrogen and oxygen atoms in total. The average Bonchev–Trinajstić information content (AvgIpc) is 2.39. The number of thioether (sulfide) groups is 1. The molecule has 2 rings (SSSR count). The third kappa shape index (κ3) is 3.88. The van der Waals surface area contributed by atoms with Crippen molar-refractivity contribution < 1.29 is 13.6 Å². The Morgan fingerprint density at radius 1 is 1.11 bits per heavy atom. The van der Waals surface area contributed by atoms with Crippen molar-refractivity contribution in [3.05, 3.63) is 64.1 Å². The van der Waals surface area contributed by atoms with Gasteiger partial charge >= 0.3 is 0 Å². The van der Waals surface area contributed by atoms with Crippen LogP contribution in [0, 0.1) is 11.6 Å². The molecule has 98 valence electrons. The maximum Gasteiger partial charge on any atom is 0.173 e. The lowest BCUT2D eigenvalue weighted by Crippen LogP contribution is -2.03. The van der Waals surface area contributed by atoms with Crippen molar-refractivity contribution in [2.75, 3.05) is 5.75 Å². The highest BCUT2D eigenvalue weighted by atomic mass is 79.9. The van der Waals surface area contributed by atoms with Crippen LogP contribution in [0.25, 0.3) is 0 Å². The Hall–Kier alpha value is -1.20. The summed E-state index contributed by atoms with van der Waals surface area (Å²) in [5.41, 5.74) is 0.182. The average molecular weight is 343 g/mol. The van der Waals surface area contributed by atoms with Gasteiger partial charge in [-0.2, -0.15) is 0 Å². The molecule has 0 unspecified atom stereocenters. The summed E-state index contributed by atoms with van der Waals surface area (Å²) in [4.78, 5) is 12.8. The Morgan fingerprint density at radius 3 is 2.58 bits per heavy atom. The Balaban J connectivity index is 2.03. The fraction of sp³-hybridized carbons (Fsp3) is 0.0714. The molecule has 2 aromatic carbocycles. The van der Waals surface area contributed by atoms with Crippen molar-refractivity contribution in [3.63, 3.8) is 0 Å². The van der Waals surface area contributed by atoms with Gasteiger partial charge in [0.25, 0.3) is 0 Å². The molecule has 0 fully saturated rings. The smallest absolute Gasteiger partial charge is 0.173 e. The first-order valence-electron chi connectivity index (χ1n) is 5.43. The minimum atomic E-state index is -1.00. The van der Waals surface area contributed by atoms with Gasteiger partial charge in [-0.3, -0.25) is 4.79 Å². The van der Waals surface area contributed by atoms with Crippen LogP contribution >= 0.6 is 27.7 Å². The van der Waals surface area contributed by atoms with E-state index in [1.165, 1.54) is 17.8 Å². The molecule has 0 radical (unpaired) electrons. The summed E-state index contributed by atoms with van der Waals surface area (Å²) in [7, 11) is 0. The number of carbonyl (C=O) groups excluding carboxylic acids is 1. The zero-order valence-corrected chi connectivity index (χ0v) is 12.1. The molecule has 0 heterocycles. The number of benzene rings is 2. The Bertz CT molecular complexity index is 616. The maximum absolute atomic E-state index is 13.0. The first-order valence-corrected chi connectivity index (χ1v) is 7.21. The van der Waals surface area contributed by atoms with E-state index in [4.69, 9.17) is 0 Å². The van der Waals surface area contributed by atoms with E-state index in [0.29, 0.717) is 0 Å². The molecule has 0 aliphatic rings. The van der Waals surface area contributed by atoms with Crippen molar-refractivity contribution in [1.82, 2.24) is 0 Å². The van der Waals surface area contributed by atoms with Gasteiger partial charge in [0, 0.05) is 14.9 Å². The largest absolute Gasteiger partial charge is 0.293 e. The minimum Gasteiger partial charge on any atom is -0.293 e. The lowest BCUT2D eigenvalue weighted by molar-refractivity contribution is 0.102. The number of rotatable bonds is 4. The number of ketones is 1. The van der Waals surface area contributed by atoms with Crippen LogP contribution in [0.5, 0.6) is 0 Å². The zero-order valence-electron chi connectivity index (χ0n) is 9.70. The SMILES string of the molecule is O=C(CSc1cccc(Br)c1)c1ccc(F)c(F)c1. The van der Waals surface area contributed by atoms with Crippen LogP contribution in [0.3, 0.4) is 0 Å². The quantitative estimate of drug-likeness (QED) is 0.591. The van der Waals surface area contributed by atoms with Gasteiger partial charge in [0.1, 0.15) is 0 Å². The monoisotopic (exact) mass is 342 g/mol.